The number of hydrogen-bond acceptors (Lipinski definition) is 7. The average Bonchev–Trinajstić information content (AvgIpc) is 3.45. The van der Waals surface area contributed by atoms with E-state index in [9.17, 15) is 4.79 Å². The van der Waals surface area contributed by atoms with Gasteiger partial charge in [-0.1, -0.05) is 42.5 Å². The number of piperidine rings is 1. The third kappa shape index (κ3) is 5.80. The quantitative estimate of drug-likeness (QED) is 0.366. The molecule has 3 heterocycles. The van der Waals surface area contributed by atoms with Gasteiger partial charge in [-0.25, -0.2) is 9.97 Å². The smallest absolute Gasteiger partial charge is 0.253 e. The van der Waals surface area contributed by atoms with E-state index in [1.54, 1.807) is 18.2 Å². The van der Waals surface area contributed by atoms with E-state index < -0.39 is 0 Å². The Labute approximate surface area is 227 Å². The maximum atomic E-state index is 13.1. The Hall–Kier alpha value is -4.59. The molecular formula is C31H30N4O4. The summed E-state index contributed by atoms with van der Waals surface area (Å²) in [6.45, 7) is 2.03. The highest BCUT2D eigenvalue weighted by molar-refractivity contribution is 5.95. The molecule has 39 heavy (non-hydrogen) atoms. The van der Waals surface area contributed by atoms with Crippen molar-refractivity contribution in [2.75, 3.05) is 25.6 Å². The molecular weight excluding hydrogens is 492 g/mol. The fourth-order valence-corrected chi connectivity index (χ4v) is 5.08. The first kappa shape index (κ1) is 24.7. The van der Waals surface area contributed by atoms with Gasteiger partial charge >= 0.3 is 0 Å². The first-order valence-electron chi connectivity index (χ1n) is 13.2. The van der Waals surface area contributed by atoms with E-state index in [2.05, 4.69) is 28.2 Å². The first-order valence-corrected chi connectivity index (χ1v) is 13.2. The van der Waals surface area contributed by atoms with E-state index in [1.165, 1.54) is 0 Å². The Balaban J connectivity index is 1.06. The highest BCUT2D eigenvalue weighted by Gasteiger charge is 2.27. The fourth-order valence-electron chi connectivity index (χ4n) is 5.08. The van der Waals surface area contributed by atoms with E-state index in [4.69, 9.17) is 19.9 Å². The molecule has 2 aliphatic heterocycles. The van der Waals surface area contributed by atoms with Crippen LogP contribution in [0.5, 0.6) is 17.2 Å². The molecule has 8 nitrogen and oxygen atoms in total. The van der Waals surface area contributed by atoms with Gasteiger partial charge < -0.3 is 24.8 Å². The Morgan fingerprint density at radius 2 is 1.67 bits per heavy atom. The predicted octanol–water partition coefficient (Wildman–Crippen LogP) is 4.98. The van der Waals surface area contributed by atoms with Crippen LogP contribution in [0.25, 0.3) is 0 Å². The lowest BCUT2D eigenvalue weighted by atomic mass is 9.92. The van der Waals surface area contributed by atoms with Crippen molar-refractivity contribution in [2.24, 2.45) is 0 Å². The molecule has 1 saturated heterocycles. The van der Waals surface area contributed by atoms with Crippen molar-refractivity contribution in [3.8, 4) is 17.2 Å². The van der Waals surface area contributed by atoms with Gasteiger partial charge in [0.15, 0.2) is 11.5 Å². The maximum absolute atomic E-state index is 13.1. The second-order valence-electron chi connectivity index (χ2n) is 9.87. The summed E-state index contributed by atoms with van der Waals surface area (Å²) in [5, 5.41) is 0. The normalized spacial score (nSPS) is 14.8. The van der Waals surface area contributed by atoms with Gasteiger partial charge in [-0.2, -0.15) is 0 Å². The highest BCUT2D eigenvalue weighted by atomic mass is 16.7. The van der Waals surface area contributed by atoms with Gasteiger partial charge in [-0.05, 0) is 60.4 Å². The lowest BCUT2D eigenvalue weighted by molar-refractivity contribution is 0.0711. The van der Waals surface area contributed by atoms with Crippen molar-refractivity contribution in [1.82, 2.24) is 14.9 Å². The molecule has 1 fully saturated rings. The minimum atomic E-state index is 0.00540. The predicted molar refractivity (Wildman–Crippen MR) is 147 cm³/mol. The topological polar surface area (TPSA) is 99.8 Å². The number of hydrogen-bond donors (Lipinski definition) is 1. The molecule has 0 unspecified atom stereocenters. The van der Waals surface area contributed by atoms with Crippen LogP contribution in [0.1, 0.15) is 51.6 Å². The molecule has 0 bridgehead atoms. The number of nitrogens with zero attached hydrogens (tertiary/aromatic N) is 3. The number of ether oxygens (including phenoxy) is 3. The number of carbonyl (C=O) groups excluding carboxylic acids is 1. The third-order valence-corrected chi connectivity index (χ3v) is 7.19. The van der Waals surface area contributed by atoms with Crippen LogP contribution in [0, 0.1) is 0 Å². The van der Waals surface area contributed by atoms with Crippen LogP contribution in [0.15, 0.2) is 78.9 Å². The lowest BCUT2D eigenvalue weighted by Gasteiger charge is -2.32. The Morgan fingerprint density at radius 1 is 0.897 bits per heavy atom. The van der Waals surface area contributed by atoms with E-state index in [0.717, 1.165) is 41.1 Å². The SMILES string of the molecule is Nc1nc(Cc2ccc(OCc3ccccc3)cc2)cc(C2CCN(C(=O)c3ccc4c(c3)OCO4)CC2)n1. The summed E-state index contributed by atoms with van der Waals surface area (Å²) in [5.74, 6) is 2.63. The van der Waals surface area contributed by atoms with Crippen molar-refractivity contribution in [1.29, 1.82) is 0 Å². The zero-order valence-corrected chi connectivity index (χ0v) is 21.6. The van der Waals surface area contributed by atoms with Gasteiger partial charge in [0.1, 0.15) is 12.4 Å². The monoisotopic (exact) mass is 522 g/mol. The number of likely N-dealkylation sites (tertiary alicyclic amines) is 1. The number of benzene rings is 3. The molecule has 6 rings (SSSR count). The standard InChI is InChI=1S/C31H30N4O4/c32-31-33-25(16-21-6-9-26(10-7-21)37-19-22-4-2-1-3-5-22)18-27(34-31)23-12-14-35(15-13-23)30(36)24-8-11-28-29(17-24)39-20-38-28/h1-11,17-18,23H,12-16,19-20H2,(H2,32,33,34). The molecule has 2 aliphatic rings. The molecule has 1 amide bonds. The largest absolute Gasteiger partial charge is 0.489 e. The van der Waals surface area contributed by atoms with Gasteiger partial charge in [0, 0.05) is 36.7 Å². The summed E-state index contributed by atoms with van der Waals surface area (Å²) in [4.78, 5) is 24.0. The fraction of sp³-hybridized carbons (Fsp3) is 0.258. The van der Waals surface area contributed by atoms with Crippen LogP contribution in [0.4, 0.5) is 5.95 Å². The summed E-state index contributed by atoms with van der Waals surface area (Å²) >= 11 is 0. The molecule has 3 aromatic carbocycles. The van der Waals surface area contributed by atoms with Crippen LogP contribution >= 0.6 is 0 Å². The number of fused-ring (bicyclic) bond motifs is 1. The second kappa shape index (κ2) is 11.0. The average molecular weight is 523 g/mol. The van der Waals surface area contributed by atoms with Crippen LogP contribution in [-0.4, -0.2) is 40.7 Å². The van der Waals surface area contributed by atoms with Gasteiger partial charge in [0.25, 0.3) is 5.91 Å². The zero-order chi connectivity index (χ0) is 26.6. The number of aromatic nitrogens is 2. The Morgan fingerprint density at radius 3 is 2.46 bits per heavy atom. The van der Waals surface area contributed by atoms with E-state index >= 15 is 0 Å². The van der Waals surface area contributed by atoms with Crippen LogP contribution in [0.3, 0.4) is 0 Å². The molecule has 198 valence electrons. The molecule has 0 saturated carbocycles. The summed E-state index contributed by atoms with van der Waals surface area (Å²) in [5.41, 5.74) is 10.8. The summed E-state index contributed by atoms with van der Waals surface area (Å²) in [7, 11) is 0. The summed E-state index contributed by atoms with van der Waals surface area (Å²) in [6.07, 6.45) is 2.29. The van der Waals surface area contributed by atoms with Gasteiger partial charge in [0.05, 0.1) is 5.69 Å². The molecule has 0 spiro atoms. The van der Waals surface area contributed by atoms with Crippen LogP contribution in [-0.2, 0) is 13.0 Å². The first-order chi connectivity index (χ1) is 19.1. The summed E-state index contributed by atoms with van der Waals surface area (Å²) in [6, 6.07) is 25.6. The van der Waals surface area contributed by atoms with E-state index in [-0.39, 0.29) is 24.6 Å². The molecule has 0 radical (unpaired) electrons. The number of amides is 1. The molecule has 2 N–H and O–H groups in total. The highest BCUT2D eigenvalue weighted by Crippen LogP contribution is 2.34. The molecule has 4 aromatic rings. The molecule has 0 aliphatic carbocycles. The molecule has 1 aromatic heterocycles. The summed E-state index contributed by atoms with van der Waals surface area (Å²) < 4.78 is 16.7. The van der Waals surface area contributed by atoms with Crippen molar-refractivity contribution < 1.29 is 19.0 Å². The van der Waals surface area contributed by atoms with Crippen LogP contribution < -0.4 is 19.9 Å². The van der Waals surface area contributed by atoms with Crippen molar-refractivity contribution in [3.63, 3.8) is 0 Å². The second-order valence-corrected chi connectivity index (χ2v) is 9.87. The Kier molecular flexibility index (Phi) is 6.99. The van der Waals surface area contributed by atoms with Crippen LogP contribution in [0.2, 0.25) is 0 Å². The number of nitrogens with two attached hydrogens (primary N) is 1. The molecule has 8 heteroatoms. The minimum absolute atomic E-state index is 0.00540. The zero-order valence-electron chi connectivity index (χ0n) is 21.6. The van der Waals surface area contributed by atoms with Crippen molar-refractivity contribution in [3.05, 3.63) is 107 Å². The van der Waals surface area contributed by atoms with Gasteiger partial charge in [-0.15, -0.1) is 0 Å². The number of carbonyl (C=O) groups is 1. The number of nitrogen functional groups attached to an aromatic ring is 1. The van der Waals surface area contributed by atoms with E-state index in [0.29, 0.717) is 43.2 Å². The van der Waals surface area contributed by atoms with Gasteiger partial charge in [0.2, 0.25) is 12.7 Å². The van der Waals surface area contributed by atoms with Gasteiger partial charge in [-0.3, -0.25) is 4.79 Å². The lowest BCUT2D eigenvalue weighted by Crippen LogP contribution is -2.38. The van der Waals surface area contributed by atoms with Crippen molar-refractivity contribution >= 4 is 11.9 Å². The minimum Gasteiger partial charge on any atom is -0.489 e. The maximum Gasteiger partial charge on any atom is 0.253 e. The number of anilines is 1. The third-order valence-electron chi connectivity index (χ3n) is 7.19. The molecule has 0 atom stereocenters. The Bertz CT molecular complexity index is 1450. The number of rotatable bonds is 7. The van der Waals surface area contributed by atoms with E-state index in [1.807, 2.05) is 47.4 Å². The van der Waals surface area contributed by atoms with Crippen molar-refractivity contribution in [2.45, 2.75) is 31.8 Å².